The normalized spacial score (nSPS) is 14.2. The SMILES string of the molecule is N#Cc1cccc(NC(=O)N(CCCO)C2CCC2)c1. The average molecular weight is 273 g/mol. The zero-order valence-electron chi connectivity index (χ0n) is 11.4. The van der Waals surface area contributed by atoms with Gasteiger partial charge in [-0.1, -0.05) is 6.07 Å². The van der Waals surface area contributed by atoms with Gasteiger partial charge in [0, 0.05) is 24.9 Å². The highest BCUT2D eigenvalue weighted by atomic mass is 16.3. The number of benzene rings is 1. The molecule has 5 nitrogen and oxygen atoms in total. The van der Waals surface area contributed by atoms with Crippen molar-refractivity contribution in [3.05, 3.63) is 29.8 Å². The van der Waals surface area contributed by atoms with E-state index >= 15 is 0 Å². The van der Waals surface area contributed by atoms with Crippen LogP contribution in [-0.4, -0.2) is 35.2 Å². The predicted octanol–water partition coefficient (Wildman–Crippen LogP) is 2.33. The third-order valence-electron chi connectivity index (χ3n) is 3.58. The first kappa shape index (κ1) is 14.4. The van der Waals surface area contributed by atoms with E-state index in [2.05, 4.69) is 11.4 Å². The van der Waals surface area contributed by atoms with Crippen LogP contribution in [0.4, 0.5) is 10.5 Å². The lowest BCUT2D eigenvalue weighted by atomic mass is 9.91. The third kappa shape index (κ3) is 3.49. The number of aliphatic hydroxyl groups is 1. The molecule has 2 rings (SSSR count). The molecule has 106 valence electrons. The number of carbonyl (C=O) groups excluding carboxylic acids is 1. The second-order valence-electron chi connectivity index (χ2n) is 4.98. The maximum absolute atomic E-state index is 12.3. The first-order valence-corrected chi connectivity index (χ1v) is 6.93. The van der Waals surface area contributed by atoms with Gasteiger partial charge in [-0.25, -0.2) is 4.79 Å². The summed E-state index contributed by atoms with van der Waals surface area (Å²) in [7, 11) is 0. The van der Waals surface area contributed by atoms with Crippen molar-refractivity contribution in [3.8, 4) is 6.07 Å². The Hall–Kier alpha value is -2.06. The molecule has 0 aromatic heterocycles. The number of carbonyl (C=O) groups is 1. The van der Waals surface area contributed by atoms with Gasteiger partial charge in [0.15, 0.2) is 0 Å². The van der Waals surface area contributed by atoms with Crippen LogP contribution in [0.15, 0.2) is 24.3 Å². The van der Waals surface area contributed by atoms with Gasteiger partial charge < -0.3 is 15.3 Å². The van der Waals surface area contributed by atoms with Crippen molar-refractivity contribution in [2.24, 2.45) is 0 Å². The standard InChI is InChI=1S/C15H19N3O2/c16-11-12-4-1-5-13(10-12)17-15(20)18(8-3-9-19)14-6-2-7-14/h1,4-5,10,14,19H,2-3,6-9H2,(H,17,20). The maximum Gasteiger partial charge on any atom is 0.322 e. The number of rotatable bonds is 5. The number of nitrogens with zero attached hydrogens (tertiary/aromatic N) is 2. The molecule has 20 heavy (non-hydrogen) atoms. The number of anilines is 1. The van der Waals surface area contributed by atoms with Crippen LogP contribution in [0.5, 0.6) is 0 Å². The molecule has 1 aliphatic rings. The number of aliphatic hydroxyl groups excluding tert-OH is 1. The molecule has 1 aromatic rings. The van der Waals surface area contributed by atoms with Gasteiger partial charge in [0.2, 0.25) is 0 Å². The highest BCUT2D eigenvalue weighted by Gasteiger charge is 2.28. The van der Waals surface area contributed by atoms with Crippen LogP contribution in [0, 0.1) is 11.3 Å². The number of amides is 2. The number of hydrogen-bond acceptors (Lipinski definition) is 3. The van der Waals surface area contributed by atoms with Crippen molar-refractivity contribution < 1.29 is 9.90 Å². The second-order valence-corrected chi connectivity index (χ2v) is 4.98. The molecule has 0 radical (unpaired) electrons. The molecule has 0 atom stereocenters. The Morgan fingerprint density at radius 3 is 2.90 bits per heavy atom. The summed E-state index contributed by atoms with van der Waals surface area (Å²) in [4.78, 5) is 14.1. The molecular formula is C15H19N3O2. The fourth-order valence-corrected chi connectivity index (χ4v) is 2.25. The zero-order chi connectivity index (χ0) is 14.4. The van der Waals surface area contributed by atoms with Crippen LogP contribution in [0.1, 0.15) is 31.2 Å². The molecule has 2 N–H and O–H groups in total. The molecule has 1 aromatic carbocycles. The Kier molecular flexibility index (Phi) is 4.97. The molecule has 1 fully saturated rings. The van der Waals surface area contributed by atoms with Gasteiger partial charge in [0.1, 0.15) is 0 Å². The van der Waals surface area contributed by atoms with Crippen molar-refractivity contribution in [1.82, 2.24) is 4.90 Å². The molecule has 0 heterocycles. The summed E-state index contributed by atoms with van der Waals surface area (Å²) in [5, 5.41) is 20.6. The van der Waals surface area contributed by atoms with E-state index in [0.29, 0.717) is 24.2 Å². The van der Waals surface area contributed by atoms with E-state index in [-0.39, 0.29) is 18.7 Å². The van der Waals surface area contributed by atoms with Crippen LogP contribution in [0.2, 0.25) is 0 Å². The average Bonchev–Trinajstić information content (AvgIpc) is 2.41. The fourth-order valence-electron chi connectivity index (χ4n) is 2.25. The Morgan fingerprint density at radius 2 is 2.30 bits per heavy atom. The zero-order valence-corrected chi connectivity index (χ0v) is 11.4. The molecule has 1 saturated carbocycles. The molecule has 0 spiro atoms. The Labute approximate surface area is 118 Å². The Balaban J connectivity index is 2.01. The summed E-state index contributed by atoms with van der Waals surface area (Å²) in [6, 6.07) is 9.04. The quantitative estimate of drug-likeness (QED) is 0.864. The molecule has 0 saturated heterocycles. The molecule has 0 aliphatic heterocycles. The van der Waals surface area contributed by atoms with Gasteiger partial charge in [0.05, 0.1) is 11.6 Å². The summed E-state index contributed by atoms with van der Waals surface area (Å²) >= 11 is 0. The summed E-state index contributed by atoms with van der Waals surface area (Å²) < 4.78 is 0. The second kappa shape index (κ2) is 6.92. The minimum absolute atomic E-state index is 0.0837. The van der Waals surface area contributed by atoms with Gasteiger partial charge in [-0.05, 0) is 43.9 Å². The van der Waals surface area contributed by atoms with E-state index < -0.39 is 0 Å². The largest absolute Gasteiger partial charge is 0.396 e. The van der Waals surface area contributed by atoms with Crippen LogP contribution in [-0.2, 0) is 0 Å². The third-order valence-corrected chi connectivity index (χ3v) is 3.58. The molecule has 0 unspecified atom stereocenters. The maximum atomic E-state index is 12.3. The van der Waals surface area contributed by atoms with E-state index in [4.69, 9.17) is 10.4 Å². The molecule has 1 aliphatic carbocycles. The van der Waals surface area contributed by atoms with E-state index in [1.165, 1.54) is 0 Å². The summed E-state index contributed by atoms with van der Waals surface area (Å²) in [5.74, 6) is 0. The highest BCUT2D eigenvalue weighted by molar-refractivity contribution is 5.89. The first-order valence-electron chi connectivity index (χ1n) is 6.93. The van der Waals surface area contributed by atoms with Gasteiger partial charge in [-0.2, -0.15) is 5.26 Å². The minimum Gasteiger partial charge on any atom is -0.396 e. The summed E-state index contributed by atoms with van der Waals surface area (Å²) in [6.07, 6.45) is 3.79. The fraction of sp³-hybridized carbons (Fsp3) is 0.467. The number of nitrogens with one attached hydrogen (secondary N) is 1. The van der Waals surface area contributed by atoms with E-state index in [1.54, 1.807) is 29.2 Å². The lowest BCUT2D eigenvalue weighted by Gasteiger charge is -2.37. The molecular weight excluding hydrogens is 254 g/mol. The monoisotopic (exact) mass is 273 g/mol. The van der Waals surface area contributed by atoms with Crippen molar-refractivity contribution in [2.75, 3.05) is 18.5 Å². The van der Waals surface area contributed by atoms with Crippen LogP contribution >= 0.6 is 0 Å². The summed E-state index contributed by atoms with van der Waals surface area (Å²) in [6.45, 7) is 0.644. The van der Waals surface area contributed by atoms with Crippen LogP contribution in [0.3, 0.4) is 0 Å². The van der Waals surface area contributed by atoms with Crippen molar-refractivity contribution in [1.29, 1.82) is 5.26 Å². The van der Waals surface area contributed by atoms with Gasteiger partial charge in [-0.3, -0.25) is 0 Å². The van der Waals surface area contributed by atoms with Crippen molar-refractivity contribution >= 4 is 11.7 Å². The smallest absolute Gasteiger partial charge is 0.322 e. The van der Waals surface area contributed by atoms with Gasteiger partial charge in [0.25, 0.3) is 0 Å². The molecule has 5 heteroatoms. The van der Waals surface area contributed by atoms with Gasteiger partial charge in [-0.15, -0.1) is 0 Å². The lowest BCUT2D eigenvalue weighted by Crippen LogP contribution is -2.47. The van der Waals surface area contributed by atoms with Crippen molar-refractivity contribution in [3.63, 3.8) is 0 Å². The first-order chi connectivity index (χ1) is 9.74. The van der Waals surface area contributed by atoms with E-state index in [9.17, 15) is 4.79 Å². The summed E-state index contributed by atoms with van der Waals surface area (Å²) in [5.41, 5.74) is 1.15. The predicted molar refractivity (Wildman–Crippen MR) is 76.2 cm³/mol. The number of nitriles is 1. The van der Waals surface area contributed by atoms with E-state index in [1.807, 2.05) is 0 Å². The lowest BCUT2D eigenvalue weighted by molar-refractivity contribution is 0.140. The van der Waals surface area contributed by atoms with Crippen LogP contribution in [0.25, 0.3) is 0 Å². The topological polar surface area (TPSA) is 76.4 Å². The van der Waals surface area contributed by atoms with Crippen molar-refractivity contribution in [2.45, 2.75) is 31.7 Å². The Morgan fingerprint density at radius 1 is 1.50 bits per heavy atom. The highest BCUT2D eigenvalue weighted by Crippen LogP contribution is 2.25. The van der Waals surface area contributed by atoms with Crippen LogP contribution < -0.4 is 5.32 Å². The van der Waals surface area contributed by atoms with E-state index in [0.717, 1.165) is 19.3 Å². The number of urea groups is 1. The minimum atomic E-state index is -0.154. The Bertz CT molecular complexity index is 506. The molecule has 0 bridgehead atoms. The van der Waals surface area contributed by atoms with Gasteiger partial charge >= 0.3 is 6.03 Å². The molecule has 2 amide bonds. The number of hydrogen-bond donors (Lipinski definition) is 2.